The summed E-state index contributed by atoms with van der Waals surface area (Å²) in [6.07, 6.45) is 0.253. The molecule has 0 spiro atoms. The van der Waals surface area contributed by atoms with Crippen molar-refractivity contribution in [3.05, 3.63) is 10.7 Å². The van der Waals surface area contributed by atoms with E-state index in [-0.39, 0.29) is 24.3 Å². The van der Waals surface area contributed by atoms with Crippen molar-refractivity contribution in [1.29, 1.82) is 0 Å². The molecule has 0 radical (unpaired) electrons. The summed E-state index contributed by atoms with van der Waals surface area (Å²) < 4.78 is 4.62. The van der Waals surface area contributed by atoms with Crippen LogP contribution < -0.4 is 11.1 Å². The first-order chi connectivity index (χ1) is 7.61. The van der Waals surface area contributed by atoms with E-state index < -0.39 is 0 Å². The third-order valence-corrected chi connectivity index (χ3v) is 2.77. The van der Waals surface area contributed by atoms with Gasteiger partial charge in [0.15, 0.2) is 0 Å². The minimum absolute atomic E-state index is 0.0597. The van der Waals surface area contributed by atoms with Crippen LogP contribution in [0.15, 0.2) is 0 Å². The van der Waals surface area contributed by atoms with E-state index in [4.69, 9.17) is 17.3 Å². The molecule has 1 aromatic rings. The number of nitrogens with zero attached hydrogens (tertiary/aromatic N) is 2. The van der Waals surface area contributed by atoms with Gasteiger partial charge in [0.25, 0.3) is 0 Å². The molecule has 86 valence electrons. The van der Waals surface area contributed by atoms with E-state index in [1.165, 1.54) is 7.11 Å². The molecule has 1 aliphatic heterocycles. The van der Waals surface area contributed by atoms with Crippen LogP contribution in [-0.4, -0.2) is 29.6 Å². The van der Waals surface area contributed by atoms with Gasteiger partial charge in [-0.05, 0) is 0 Å². The van der Waals surface area contributed by atoms with E-state index in [9.17, 15) is 4.79 Å². The number of anilines is 2. The standard InChI is InChI=1S/C9H11ClN4O2/c1-16-5(15)2-4-3-12-8-6(4)7(10)13-9(11)14-8/h4H,2-3H2,1H3,(H3,11,12,13,14)/t4-/m0/s1. The van der Waals surface area contributed by atoms with Crippen molar-refractivity contribution in [3.8, 4) is 0 Å². The van der Waals surface area contributed by atoms with Gasteiger partial charge in [0, 0.05) is 18.0 Å². The quantitative estimate of drug-likeness (QED) is 0.589. The Labute approximate surface area is 97.2 Å². The van der Waals surface area contributed by atoms with Gasteiger partial charge in [0.2, 0.25) is 5.95 Å². The van der Waals surface area contributed by atoms with Crippen LogP contribution in [0.4, 0.5) is 11.8 Å². The lowest BCUT2D eigenvalue weighted by atomic mass is 10.0. The zero-order valence-electron chi connectivity index (χ0n) is 8.66. The fourth-order valence-corrected chi connectivity index (χ4v) is 2.07. The SMILES string of the molecule is COC(=O)C[C@H]1CNc2nc(N)nc(Cl)c21. The molecule has 1 atom stereocenters. The smallest absolute Gasteiger partial charge is 0.306 e. The van der Waals surface area contributed by atoms with Gasteiger partial charge in [-0.1, -0.05) is 11.6 Å². The van der Waals surface area contributed by atoms with E-state index in [1.54, 1.807) is 0 Å². The second-order valence-electron chi connectivity index (χ2n) is 3.49. The summed E-state index contributed by atoms with van der Waals surface area (Å²) in [7, 11) is 1.35. The van der Waals surface area contributed by atoms with Crippen LogP contribution in [-0.2, 0) is 9.53 Å². The predicted octanol–water partition coefficient (Wildman–Crippen LogP) is 0.784. The highest BCUT2D eigenvalue weighted by molar-refractivity contribution is 6.30. The summed E-state index contributed by atoms with van der Waals surface area (Å²) in [5.74, 6) is 0.379. The molecular weight excluding hydrogens is 232 g/mol. The molecule has 0 aromatic carbocycles. The molecule has 0 amide bonds. The normalized spacial score (nSPS) is 17.8. The number of nitrogens with one attached hydrogen (secondary N) is 1. The molecule has 0 aliphatic carbocycles. The molecule has 0 saturated carbocycles. The van der Waals surface area contributed by atoms with Gasteiger partial charge in [0.05, 0.1) is 13.5 Å². The number of aromatic nitrogens is 2. The highest BCUT2D eigenvalue weighted by atomic mass is 35.5. The largest absolute Gasteiger partial charge is 0.469 e. The molecular formula is C9H11ClN4O2. The monoisotopic (exact) mass is 242 g/mol. The minimum atomic E-state index is -0.285. The van der Waals surface area contributed by atoms with E-state index in [1.807, 2.05) is 0 Å². The number of carbonyl (C=O) groups is 1. The molecule has 2 heterocycles. The van der Waals surface area contributed by atoms with E-state index in [0.29, 0.717) is 17.5 Å². The molecule has 0 unspecified atom stereocenters. The van der Waals surface area contributed by atoms with Gasteiger partial charge in [-0.2, -0.15) is 4.98 Å². The summed E-state index contributed by atoms with van der Waals surface area (Å²) in [5, 5.41) is 3.33. The maximum Gasteiger partial charge on any atom is 0.306 e. The summed E-state index contributed by atoms with van der Waals surface area (Å²) in [4.78, 5) is 19.1. The molecule has 0 fully saturated rings. The minimum Gasteiger partial charge on any atom is -0.469 e. The van der Waals surface area contributed by atoms with E-state index >= 15 is 0 Å². The van der Waals surface area contributed by atoms with Crippen molar-refractivity contribution in [1.82, 2.24) is 9.97 Å². The Balaban J connectivity index is 2.29. The maximum atomic E-state index is 11.2. The topological polar surface area (TPSA) is 90.1 Å². The summed E-state index contributed by atoms with van der Waals surface area (Å²) >= 11 is 5.97. The maximum absolute atomic E-state index is 11.2. The number of rotatable bonds is 2. The van der Waals surface area contributed by atoms with E-state index in [2.05, 4.69) is 20.0 Å². The lowest BCUT2D eigenvalue weighted by molar-refractivity contribution is -0.140. The Hall–Kier alpha value is -1.56. The lowest BCUT2D eigenvalue weighted by Gasteiger charge is -2.08. The number of nitrogen functional groups attached to an aromatic ring is 1. The highest BCUT2D eigenvalue weighted by Crippen LogP contribution is 2.37. The number of fused-ring (bicyclic) bond motifs is 1. The van der Waals surface area contributed by atoms with E-state index in [0.717, 1.165) is 5.56 Å². The average Bonchev–Trinajstić information content (AvgIpc) is 2.61. The molecule has 7 heteroatoms. The molecule has 0 bridgehead atoms. The molecule has 3 N–H and O–H groups in total. The average molecular weight is 243 g/mol. The number of nitrogens with two attached hydrogens (primary N) is 1. The van der Waals surface area contributed by atoms with Gasteiger partial charge in [0.1, 0.15) is 11.0 Å². The molecule has 1 aromatic heterocycles. The zero-order chi connectivity index (χ0) is 11.7. The van der Waals surface area contributed by atoms with Crippen molar-refractivity contribution in [3.63, 3.8) is 0 Å². The summed E-state index contributed by atoms with van der Waals surface area (Å²) in [6.45, 7) is 0.586. The number of halogens is 1. The number of methoxy groups -OCH3 is 1. The van der Waals surface area contributed by atoms with Crippen molar-refractivity contribution in [2.75, 3.05) is 24.7 Å². The second-order valence-corrected chi connectivity index (χ2v) is 3.85. The van der Waals surface area contributed by atoms with Crippen LogP contribution in [0.25, 0.3) is 0 Å². The van der Waals surface area contributed by atoms with Crippen molar-refractivity contribution in [2.45, 2.75) is 12.3 Å². The van der Waals surface area contributed by atoms with Crippen LogP contribution in [0.5, 0.6) is 0 Å². The van der Waals surface area contributed by atoms with Crippen LogP contribution in [0.3, 0.4) is 0 Å². The Morgan fingerprint density at radius 3 is 3.12 bits per heavy atom. The zero-order valence-corrected chi connectivity index (χ0v) is 9.41. The number of hydrogen-bond donors (Lipinski definition) is 2. The molecule has 0 saturated heterocycles. The number of hydrogen-bond acceptors (Lipinski definition) is 6. The molecule has 2 rings (SSSR count). The number of carbonyl (C=O) groups excluding carboxylic acids is 1. The first kappa shape index (κ1) is 10.9. The predicted molar refractivity (Wildman–Crippen MR) is 59.3 cm³/mol. The van der Waals surface area contributed by atoms with Gasteiger partial charge >= 0.3 is 5.97 Å². The van der Waals surface area contributed by atoms with Crippen LogP contribution >= 0.6 is 11.6 Å². The third kappa shape index (κ3) is 1.88. The first-order valence-electron chi connectivity index (χ1n) is 4.75. The first-order valence-corrected chi connectivity index (χ1v) is 5.13. The highest BCUT2D eigenvalue weighted by Gasteiger charge is 2.29. The van der Waals surface area contributed by atoms with Crippen molar-refractivity contribution < 1.29 is 9.53 Å². The van der Waals surface area contributed by atoms with Crippen LogP contribution in [0.2, 0.25) is 5.15 Å². The molecule has 6 nitrogen and oxygen atoms in total. The Morgan fingerprint density at radius 1 is 1.69 bits per heavy atom. The fraction of sp³-hybridized carbons (Fsp3) is 0.444. The Kier molecular flexibility index (Phi) is 2.82. The third-order valence-electron chi connectivity index (χ3n) is 2.48. The summed E-state index contributed by atoms with van der Waals surface area (Å²) in [5.41, 5.74) is 6.20. The Morgan fingerprint density at radius 2 is 2.44 bits per heavy atom. The molecule has 16 heavy (non-hydrogen) atoms. The van der Waals surface area contributed by atoms with Gasteiger partial charge in [-0.3, -0.25) is 4.79 Å². The fourth-order valence-electron chi connectivity index (χ4n) is 1.74. The van der Waals surface area contributed by atoms with Gasteiger partial charge < -0.3 is 15.8 Å². The van der Waals surface area contributed by atoms with Gasteiger partial charge in [-0.15, -0.1) is 0 Å². The van der Waals surface area contributed by atoms with Crippen molar-refractivity contribution in [2.24, 2.45) is 0 Å². The number of esters is 1. The van der Waals surface area contributed by atoms with Crippen LogP contribution in [0, 0.1) is 0 Å². The summed E-state index contributed by atoms with van der Waals surface area (Å²) in [6, 6.07) is 0. The molecule has 1 aliphatic rings. The lowest BCUT2D eigenvalue weighted by Crippen LogP contribution is -2.10. The number of ether oxygens (including phenoxy) is 1. The van der Waals surface area contributed by atoms with Crippen molar-refractivity contribution >= 4 is 29.3 Å². The second kappa shape index (κ2) is 4.13. The van der Waals surface area contributed by atoms with Crippen LogP contribution in [0.1, 0.15) is 17.9 Å². The Bertz CT molecular complexity index is 438. The van der Waals surface area contributed by atoms with Gasteiger partial charge in [-0.25, -0.2) is 4.98 Å².